The normalized spacial score (nSPS) is 12.0. The second-order valence-corrected chi connectivity index (χ2v) is 4.30. The van der Waals surface area contributed by atoms with Crippen molar-refractivity contribution in [2.24, 2.45) is 5.92 Å². The molecule has 94 valence electrons. The smallest absolute Gasteiger partial charge is 0.310 e. The van der Waals surface area contributed by atoms with E-state index in [-0.39, 0.29) is 11.9 Å². The molecule has 0 heterocycles. The summed E-state index contributed by atoms with van der Waals surface area (Å²) in [4.78, 5) is 11.2. The van der Waals surface area contributed by atoms with Crippen LogP contribution in [0.3, 0.4) is 0 Å². The number of methoxy groups -OCH3 is 1. The molecule has 0 spiro atoms. The number of rotatable bonds is 5. The molecule has 0 aliphatic carbocycles. The van der Waals surface area contributed by atoms with Gasteiger partial charge in [-0.05, 0) is 36.6 Å². The zero-order valence-corrected chi connectivity index (χ0v) is 11.0. The predicted octanol–water partition coefficient (Wildman–Crippen LogP) is 2.78. The molecular formula is C14H21NO2. The van der Waals surface area contributed by atoms with Crippen molar-refractivity contribution in [3.63, 3.8) is 0 Å². The second-order valence-electron chi connectivity index (χ2n) is 4.30. The quantitative estimate of drug-likeness (QED) is 0.797. The van der Waals surface area contributed by atoms with Gasteiger partial charge < -0.3 is 10.1 Å². The Morgan fingerprint density at radius 1 is 1.47 bits per heavy atom. The van der Waals surface area contributed by atoms with Gasteiger partial charge in [0.1, 0.15) is 0 Å². The second kappa shape index (κ2) is 6.28. The molecule has 1 N–H and O–H groups in total. The van der Waals surface area contributed by atoms with Gasteiger partial charge in [-0.25, -0.2) is 0 Å². The summed E-state index contributed by atoms with van der Waals surface area (Å²) in [6.45, 7) is 6.70. The lowest BCUT2D eigenvalue weighted by molar-refractivity contribution is -0.144. The maximum atomic E-state index is 11.2. The Morgan fingerprint density at radius 3 is 2.76 bits per heavy atom. The lowest BCUT2D eigenvalue weighted by Crippen LogP contribution is -2.21. The molecule has 3 nitrogen and oxygen atoms in total. The summed E-state index contributed by atoms with van der Waals surface area (Å²) in [5.41, 5.74) is 3.70. The number of hydrogen-bond donors (Lipinski definition) is 1. The van der Waals surface area contributed by atoms with Crippen molar-refractivity contribution in [3.05, 3.63) is 29.3 Å². The van der Waals surface area contributed by atoms with E-state index < -0.39 is 0 Å². The Kier molecular flexibility index (Phi) is 5.01. The summed E-state index contributed by atoms with van der Waals surface area (Å²) in [7, 11) is 1.42. The highest BCUT2D eigenvalue weighted by Crippen LogP contribution is 2.16. The summed E-state index contributed by atoms with van der Waals surface area (Å²) >= 11 is 0. The molecule has 0 amide bonds. The minimum Gasteiger partial charge on any atom is -0.469 e. The third-order valence-electron chi connectivity index (χ3n) is 2.95. The van der Waals surface area contributed by atoms with Crippen LogP contribution in [0, 0.1) is 12.8 Å². The van der Waals surface area contributed by atoms with Gasteiger partial charge in [0.05, 0.1) is 13.0 Å². The molecule has 3 heteroatoms. The van der Waals surface area contributed by atoms with Crippen LogP contribution in [-0.4, -0.2) is 19.6 Å². The van der Waals surface area contributed by atoms with Crippen LogP contribution in [0.2, 0.25) is 0 Å². The van der Waals surface area contributed by atoms with Gasteiger partial charge in [-0.1, -0.05) is 19.9 Å². The van der Waals surface area contributed by atoms with E-state index >= 15 is 0 Å². The number of anilines is 1. The van der Waals surface area contributed by atoms with Crippen LogP contribution < -0.4 is 5.32 Å². The molecule has 0 aliphatic rings. The summed E-state index contributed by atoms with van der Waals surface area (Å²) in [5, 5.41) is 3.26. The number of aryl methyl sites for hydroxylation is 2. The number of benzene rings is 1. The third kappa shape index (κ3) is 3.77. The van der Waals surface area contributed by atoms with Crippen molar-refractivity contribution in [2.45, 2.75) is 27.2 Å². The fraction of sp³-hybridized carbons (Fsp3) is 0.500. The van der Waals surface area contributed by atoms with Crippen molar-refractivity contribution in [1.29, 1.82) is 0 Å². The van der Waals surface area contributed by atoms with E-state index in [1.807, 2.05) is 13.0 Å². The number of ether oxygens (including phenoxy) is 1. The van der Waals surface area contributed by atoms with Crippen molar-refractivity contribution < 1.29 is 9.53 Å². The van der Waals surface area contributed by atoms with Crippen LogP contribution in [0.1, 0.15) is 25.0 Å². The minimum atomic E-state index is -0.180. The predicted molar refractivity (Wildman–Crippen MR) is 70.2 cm³/mol. The van der Waals surface area contributed by atoms with Gasteiger partial charge in [0.15, 0.2) is 0 Å². The standard InChI is InChI=1S/C14H21NO2/c1-5-12-8-13(7-6-10(12)2)15-9-11(3)14(16)17-4/h6-8,11,15H,5,9H2,1-4H3. The van der Waals surface area contributed by atoms with Gasteiger partial charge in [-0.3, -0.25) is 4.79 Å². The molecule has 0 aliphatic heterocycles. The van der Waals surface area contributed by atoms with Crippen molar-refractivity contribution in [2.75, 3.05) is 19.0 Å². The summed E-state index contributed by atoms with van der Waals surface area (Å²) in [6.07, 6.45) is 1.02. The summed E-state index contributed by atoms with van der Waals surface area (Å²) < 4.78 is 4.69. The largest absolute Gasteiger partial charge is 0.469 e. The van der Waals surface area contributed by atoms with Crippen LogP contribution in [0.25, 0.3) is 0 Å². The van der Waals surface area contributed by atoms with Crippen molar-refractivity contribution >= 4 is 11.7 Å². The first-order chi connectivity index (χ1) is 8.08. The fourth-order valence-electron chi connectivity index (χ4n) is 1.72. The molecular weight excluding hydrogens is 214 g/mol. The van der Waals surface area contributed by atoms with E-state index in [1.54, 1.807) is 0 Å². The molecule has 1 aromatic carbocycles. The topological polar surface area (TPSA) is 38.3 Å². The molecule has 0 saturated heterocycles. The third-order valence-corrected chi connectivity index (χ3v) is 2.95. The molecule has 0 saturated carbocycles. The van der Waals surface area contributed by atoms with E-state index in [9.17, 15) is 4.79 Å². The molecule has 0 radical (unpaired) electrons. The summed E-state index contributed by atoms with van der Waals surface area (Å²) in [5.74, 6) is -0.313. The van der Waals surface area contributed by atoms with Gasteiger partial charge in [0.25, 0.3) is 0 Å². The molecule has 1 atom stereocenters. The van der Waals surface area contributed by atoms with E-state index in [4.69, 9.17) is 0 Å². The average molecular weight is 235 g/mol. The average Bonchev–Trinajstić information content (AvgIpc) is 2.36. The number of carbonyl (C=O) groups is 1. The lowest BCUT2D eigenvalue weighted by atomic mass is 10.1. The van der Waals surface area contributed by atoms with Crippen LogP contribution in [-0.2, 0) is 16.0 Å². The molecule has 0 bridgehead atoms. The highest BCUT2D eigenvalue weighted by molar-refractivity contribution is 5.72. The molecule has 1 aromatic rings. The summed E-state index contributed by atoms with van der Waals surface area (Å²) in [6, 6.07) is 6.28. The highest BCUT2D eigenvalue weighted by Gasteiger charge is 2.12. The first kappa shape index (κ1) is 13.6. The maximum absolute atomic E-state index is 11.2. The number of hydrogen-bond acceptors (Lipinski definition) is 3. The number of nitrogens with one attached hydrogen (secondary N) is 1. The van der Waals surface area contributed by atoms with Gasteiger partial charge in [0.2, 0.25) is 0 Å². The van der Waals surface area contributed by atoms with Crippen LogP contribution in [0.5, 0.6) is 0 Å². The van der Waals surface area contributed by atoms with E-state index in [1.165, 1.54) is 18.2 Å². The Balaban J connectivity index is 2.60. The van der Waals surface area contributed by atoms with Gasteiger partial charge in [-0.15, -0.1) is 0 Å². The molecule has 0 fully saturated rings. The Morgan fingerprint density at radius 2 is 2.18 bits per heavy atom. The fourth-order valence-corrected chi connectivity index (χ4v) is 1.72. The highest BCUT2D eigenvalue weighted by atomic mass is 16.5. The lowest BCUT2D eigenvalue weighted by Gasteiger charge is -2.13. The number of esters is 1. The monoisotopic (exact) mass is 235 g/mol. The Labute approximate surface area is 103 Å². The van der Waals surface area contributed by atoms with E-state index in [2.05, 4.69) is 36.0 Å². The van der Waals surface area contributed by atoms with Crippen LogP contribution in [0.15, 0.2) is 18.2 Å². The molecule has 17 heavy (non-hydrogen) atoms. The van der Waals surface area contributed by atoms with Crippen molar-refractivity contribution in [1.82, 2.24) is 0 Å². The maximum Gasteiger partial charge on any atom is 0.310 e. The number of carbonyl (C=O) groups excluding carboxylic acids is 1. The van der Waals surface area contributed by atoms with Crippen molar-refractivity contribution in [3.8, 4) is 0 Å². The van der Waals surface area contributed by atoms with Crippen LogP contribution >= 0.6 is 0 Å². The van der Waals surface area contributed by atoms with Gasteiger partial charge in [0, 0.05) is 12.2 Å². The molecule has 1 rings (SSSR count). The zero-order chi connectivity index (χ0) is 12.8. The zero-order valence-electron chi connectivity index (χ0n) is 11.0. The Bertz CT molecular complexity index is 388. The first-order valence-corrected chi connectivity index (χ1v) is 5.99. The van der Waals surface area contributed by atoms with Gasteiger partial charge >= 0.3 is 5.97 Å². The van der Waals surface area contributed by atoms with E-state index in [0.717, 1.165) is 12.1 Å². The molecule has 1 unspecified atom stereocenters. The minimum absolute atomic E-state index is 0.133. The van der Waals surface area contributed by atoms with E-state index in [0.29, 0.717) is 6.54 Å². The first-order valence-electron chi connectivity index (χ1n) is 5.99. The Hall–Kier alpha value is -1.51. The van der Waals surface area contributed by atoms with Gasteiger partial charge in [-0.2, -0.15) is 0 Å². The van der Waals surface area contributed by atoms with Crippen LogP contribution in [0.4, 0.5) is 5.69 Å². The molecule has 0 aromatic heterocycles. The SMILES string of the molecule is CCc1cc(NCC(C)C(=O)OC)ccc1C.